The van der Waals surface area contributed by atoms with Crippen LogP contribution in [0.1, 0.15) is 39.5 Å². The number of ether oxygens (including phenoxy) is 1. The van der Waals surface area contributed by atoms with E-state index in [0.29, 0.717) is 19.7 Å². The molecule has 4 nitrogen and oxygen atoms in total. The maximum absolute atomic E-state index is 12.0. The van der Waals surface area contributed by atoms with Gasteiger partial charge in [0.1, 0.15) is 0 Å². The zero-order valence-electron chi connectivity index (χ0n) is 11.1. The molecule has 0 radical (unpaired) electrons. The van der Waals surface area contributed by atoms with E-state index in [1.807, 2.05) is 0 Å². The Morgan fingerprint density at radius 1 is 1.47 bits per heavy atom. The molecule has 1 heterocycles. The number of carbonyl (C=O) groups is 1. The predicted octanol–water partition coefficient (Wildman–Crippen LogP) is 1.29. The zero-order chi connectivity index (χ0) is 12.7. The minimum Gasteiger partial charge on any atom is -0.381 e. The quantitative estimate of drug-likeness (QED) is 0.738. The highest BCUT2D eigenvalue weighted by Crippen LogP contribution is 2.24. The smallest absolute Gasteiger partial charge is 0.225 e. The highest BCUT2D eigenvalue weighted by Gasteiger charge is 2.27. The van der Waals surface area contributed by atoms with E-state index in [1.165, 1.54) is 0 Å². The lowest BCUT2D eigenvalue weighted by atomic mass is 9.82. The van der Waals surface area contributed by atoms with Crippen molar-refractivity contribution >= 4 is 5.91 Å². The Hall–Kier alpha value is -0.610. The van der Waals surface area contributed by atoms with Gasteiger partial charge in [-0.1, -0.05) is 13.8 Å². The SMILES string of the molecule is CCC(CC)(CN)CNC(=O)C1CCCOC1. The van der Waals surface area contributed by atoms with Crippen LogP contribution in [-0.2, 0) is 9.53 Å². The van der Waals surface area contributed by atoms with Crippen molar-refractivity contribution in [1.29, 1.82) is 0 Å². The van der Waals surface area contributed by atoms with Gasteiger partial charge in [-0.05, 0) is 37.6 Å². The van der Waals surface area contributed by atoms with E-state index >= 15 is 0 Å². The summed E-state index contributed by atoms with van der Waals surface area (Å²) in [4.78, 5) is 12.0. The Morgan fingerprint density at radius 3 is 2.65 bits per heavy atom. The van der Waals surface area contributed by atoms with Crippen LogP contribution in [0.3, 0.4) is 0 Å². The van der Waals surface area contributed by atoms with Crippen LogP contribution in [0.2, 0.25) is 0 Å². The molecule has 1 aliphatic heterocycles. The van der Waals surface area contributed by atoms with E-state index in [9.17, 15) is 4.79 Å². The largest absolute Gasteiger partial charge is 0.381 e. The van der Waals surface area contributed by atoms with Crippen LogP contribution in [0.15, 0.2) is 0 Å². The minimum atomic E-state index is 0.0351. The Kier molecular flexibility index (Phi) is 5.92. The standard InChI is InChI=1S/C13H26N2O2/c1-3-13(4-2,9-14)10-15-12(16)11-6-5-7-17-8-11/h11H,3-10,14H2,1-2H3,(H,15,16). The maximum Gasteiger partial charge on any atom is 0.225 e. The minimum absolute atomic E-state index is 0.0351. The van der Waals surface area contributed by atoms with Crippen LogP contribution in [0.25, 0.3) is 0 Å². The molecular weight excluding hydrogens is 216 g/mol. The van der Waals surface area contributed by atoms with Gasteiger partial charge >= 0.3 is 0 Å². The van der Waals surface area contributed by atoms with Gasteiger partial charge in [-0.15, -0.1) is 0 Å². The van der Waals surface area contributed by atoms with E-state index in [4.69, 9.17) is 10.5 Å². The molecule has 1 atom stereocenters. The number of rotatable bonds is 6. The zero-order valence-corrected chi connectivity index (χ0v) is 11.1. The first-order valence-corrected chi connectivity index (χ1v) is 6.73. The fourth-order valence-electron chi connectivity index (χ4n) is 2.23. The third kappa shape index (κ3) is 3.96. The van der Waals surface area contributed by atoms with E-state index in [0.717, 1.165) is 32.3 Å². The lowest BCUT2D eigenvalue weighted by Crippen LogP contribution is -2.44. The van der Waals surface area contributed by atoms with Crippen molar-refractivity contribution in [2.24, 2.45) is 17.1 Å². The number of amides is 1. The topological polar surface area (TPSA) is 64.3 Å². The van der Waals surface area contributed by atoms with Crippen molar-refractivity contribution in [3.8, 4) is 0 Å². The van der Waals surface area contributed by atoms with E-state index in [1.54, 1.807) is 0 Å². The number of hydrogen-bond acceptors (Lipinski definition) is 3. The Morgan fingerprint density at radius 2 is 2.18 bits per heavy atom. The molecule has 1 fully saturated rings. The van der Waals surface area contributed by atoms with Gasteiger partial charge in [0.05, 0.1) is 12.5 Å². The van der Waals surface area contributed by atoms with Crippen LogP contribution in [0.4, 0.5) is 0 Å². The normalized spacial score (nSPS) is 21.2. The number of nitrogens with one attached hydrogen (secondary N) is 1. The summed E-state index contributed by atoms with van der Waals surface area (Å²) < 4.78 is 5.33. The summed E-state index contributed by atoms with van der Waals surface area (Å²) in [5.41, 5.74) is 5.88. The average Bonchev–Trinajstić information content (AvgIpc) is 2.41. The molecule has 17 heavy (non-hydrogen) atoms. The second-order valence-corrected chi connectivity index (χ2v) is 5.04. The van der Waals surface area contributed by atoms with Gasteiger partial charge in [-0.3, -0.25) is 4.79 Å². The van der Waals surface area contributed by atoms with Crippen molar-refractivity contribution in [1.82, 2.24) is 5.32 Å². The van der Waals surface area contributed by atoms with Gasteiger partial charge < -0.3 is 15.8 Å². The highest BCUT2D eigenvalue weighted by atomic mass is 16.5. The molecule has 0 aromatic rings. The van der Waals surface area contributed by atoms with E-state index in [2.05, 4.69) is 19.2 Å². The van der Waals surface area contributed by atoms with Crippen molar-refractivity contribution in [2.75, 3.05) is 26.3 Å². The van der Waals surface area contributed by atoms with Gasteiger partial charge in [0.15, 0.2) is 0 Å². The van der Waals surface area contributed by atoms with Crippen LogP contribution < -0.4 is 11.1 Å². The van der Waals surface area contributed by atoms with Crippen LogP contribution >= 0.6 is 0 Å². The summed E-state index contributed by atoms with van der Waals surface area (Å²) in [5, 5.41) is 3.05. The van der Waals surface area contributed by atoms with Gasteiger partial charge in [-0.25, -0.2) is 0 Å². The van der Waals surface area contributed by atoms with Crippen molar-refractivity contribution in [3.05, 3.63) is 0 Å². The van der Waals surface area contributed by atoms with Crippen LogP contribution in [-0.4, -0.2) is 32.2 Å². The molecule has 1 unspecified atom stereocenters. The molecule has 1 aliphatic rings. The second-order valence-electron chi connectivity index (χ2n) is 5.04. The predicted molar refractivity (Wildman–Crippen MR) is 68.6 cm³/mol. The van der Waals surface area contributed by atoms with Gasteiger partial charge in [-0.2, -0.15) is 0 Å². The first-order chi connectivity index (χ1) is 8.17. The monoisotopic (exact) mass is 242 g/mol. The van der Waals surface area contributed by atoms with Gasteiger partial charge in [0.25, 0.3) is 0 Å². The number of nitrogens with two attached hydrogens (primary N) is 1. The summed E-state index contributed by atoms with van der Waals surface area (Å²) in [6.07, 6.45) is 3.93. The molecule has 0 aromatic carbocycles. The van der Waals surface area contributed by atoms with E-state index < -0.39 is 0 Å². The first kappa shape index (κ1) is 14.5. The first-order valence-electron chi connectivity index (χ1n) is 6.73. The fraction of sp³-hybridized carbons (Fsp3) is 0.923. The molecule has 3 N–H and O–H groups in total. The lowest BCUT2D eigenvalue weighted by Gasteiger charge is -2.31. The molecule has 0 aliphatic carbocycles. The molecule has 1 rings (SSSR count). The van der Waals surface area contributed by atoms with Crippen molar-refractivity contribution in [3.63, 3.8) is 0 Å². The molecule has 0 spiro atoms. The molecule has 0 bridgehead atoms. The molecule has 4 heteroatoms. The molecule has 0 saturated carbocycles. The number of carbonyl (C=O) groups excluding carboxylic acids is 1. The summed E-state index contributed by atoms with van der Waals surface area (Å²) in [5.74, 6) is 0.164. The third-order valence-electron chi connectivity index (χ3n) is 4.10. The summed E-state index contributed by atoms with van der Waals surface area (Å²) >= 11 is 0. The lowest BCUT2D eigenvalue weighted by molar-refractivity contribution is -0.129. The molecule has 1 amide bonds. The molecule has 0 aromatic heterocycles. The molecular formula is C13H26N2O2. The van der Waals surface area contributed by atoms with Crippen molar-refractivity contribution in [2.45, 2.75) is 39.5 Å². The summed E-state index contributed by atoms with van der Waals surface area (Å²) in [6.45, 7) is 6.94. The van der Waals surface area contributed by atoms with Crippen molar-refractivity contribution < 1.29 is 9.53 Å². The maximum atomic E-state index is 12.0. The van der Waals surface area contributed by atoms with Crippen LogP contribution in [0.5, 0.6) is 0 Å². The third-order valence-corrected chi connectivity index (χ3v) is 4.10. The van der Waals surface area contributed by atoms with Gasteiger partial charge in [0, 0.05) is 13.2 Å². The second kappa shape index (κ2) is 6.97. The Labute approximate surface area is 104 Å². The molecule has 100 valence electrons. The Bertz CT molecular complexity index is 225. The number of hydrogen-bond donors (Lipinski definition) is 2. The Balaban J connectivity index is 2.40. The van der Waals surface area contributed by atoms with Gasteiger partial charge in [0.2, 0.25) is 5.91 Å². The molecule has 1 saturated heterocycles. The summed E-state index contributed by atoms with van der Waals surface area (Å²) in [7, 11) is 0. The van der Waals surface area contributed by atoms with Crippen LogP contribution in [0, 0.1) is 11.3 Å². The fourth-order valence-corrected chi connectivity index (χ4v) is 2.23. The average molecular weight is 242 g/mol. The summed E-state index contributed by atoms with van der Waals surface area (Å²) in [6, 6.07) is 0. The van der Waals surface area contributed by atoms with E-state index in [-0.39, 0.29) is 17.2 Å². The highest BCUT2D eigenvalue weighted by molar-refractivity contribution is 5.78.